The molecule has 0 aliphatic carbocycles. The van der Waals surface area contributed by atoms with Crippen LogP contribution in [0.1, 0.15) is 20.3 Å². The number of thioether (sulfide) groups is 1. The fourth-order valence-corrected chi connectivity index (χ4v) is 2.29. The Morgan fingerprint density at radius 2 is 2.12 bits per heavy atom. The molecule has 5 nitrogen and oxygen atoms in total. The molecule has 2 atom stereocenters. The number of hydrogen-bond donors (Lipinski definition) is 2. The smallest absolute Gasteiger partial charge is 0.326 e. The molecule has 1 rings (SSSR count). The minimum atomic E-state index is -1.04. The van der Waals surface area contributed by atoms with E-state index in [0.717, 1.165) is 0 Å². The number of carbonyl (C=O) groups is 2. The van der Waals surface area contributed by atoms with E-state index in [4.69, 9.17) is 5.11 Å². The number of nitrogens with zero attached hydrogens (tertiary/aromatic N) is 1. The molecule has 6 heteroatoms. The molecule has 0 spiro atoms. The Hall–Kier alpha value is -0.750. The summed E-state index contributed by atoms with van der Waals surface area (Å²) in [5.41, 5.74) is 0. The van der Waals surface area contributed by atoms with Crippen molar-refractivity contribution in [1.82, 2.24) is 4.90 Å². The Morgan fingerprint density at radius 3 is 2.62 bits per heavy atom. The van der Waals surface area contributed by atoms with Gasteiger partial charge in [-0.2, -0.15) is 0 Å². The highest BCUT2D eigenvalue weighted by Crippen LogP contribution is 2.20. The quantitative estimate of drug-likeness (QED) is 0.740. The van der Waals surface area contributed by atoms with E-state index >= 15 is 0 Å². The van der Waals surface area contributed by atoms with Gasteiger partial charge >= 0.3 is 5.97 Å². The average Bonchev–Trinajstić information content (AvgIpc) is 2.56. The Bertz CT molecular complexity index is 282. The zero-order valence-electron chi connectivity index (χ0n) is 9.42. The van der Waals surface area contributed by atoms with E-state index in [9.17, 15) is 14.7 Å². The van der Waals surface area contributed by atoms with Crippen LogP contribution in [0.2, 0.25) is 0 Å². The molecule has 0 saturated carbocycles. The largest absolute Gasteiger partial charge is 0.480 e. The lowest BCUT2D eigenvalue weighted by molar-refractivity contribution is -0.147. The molecule has 1 aliphatic rings. The van der Waals surface area contributed by atoms with Crippen LogP contribution in [0.4, 0.5) is 0 Å². The monoisotopic (exact) mass is 247 g/mol. The van der Waals surface area contributed by atoms with Crippen molar-refractivity contribution in [2.24, 2.45) is 0 Å². The molecular weight excluding hydrogens is 230 g/mol. The van der Waals surface area contributed by atoms with Crippen molar-refractivity contribution in [3.05, 3.63) is 0 Å². The topological polar surface area (TPSA) is 77.8 Å². The molecule has 0 aromatic carbocycles. The first-order chi connectivity index (χ1) is 7.41. The van der Waals surface area contributed by atoms with Crippen LogP contribution in [0.5, 0.6) is 0 Å². The summed E-state index contributed by atoms with van der Waals surface area (Å²) >= 11 is 1.48. The van der Waals surface area contributed by atoms with Crippen LogP contribution in [0.3, 0.4) is 0 Å². The highest BCUT2D eigenvalue weighted by atomic mass is 32.2. The third-order valence-electron chi connectivity index (χ3n) is 2.42. The van der Waals surface area contributed by atoms with Gasteiger partial charge in [-0.3, -0.25) is 4.79 Å². The van der Waals surface area contributed by atoms with Gasteiger partial charge in [0.05, 0.1) is 11.9 Å². The molecule has 1 fully saturated rings. The van der Waals surface area contributed by atoms with Gasteiger partial charge < -0.3 is 15.1 Å². The normalized spacial score (nSPS) is 25.1. The summed E-state index contributed by atoms with van der Waals surface area (Å²) in [7, 11) is 0. The number of β-amino-alcohol motifs (C(OH)–C–C–N with tert-alkyl or cyclic N) is 1. The van der Waals surface area contributed by atoms with E-state index in [0.29, 0.717) is 5.25 Å². The molecule has 16 heavy (non-hydrogen) atoms. The standard InChI is InChI=1S/C10H17NO4S/c1-6(2)16-5-9(13)11-4-7(12)3-8(11)10(14)15/h6-8,12H,3-5H2,1-2H3,(H,14,15)/t7?,8-/m0/s1. The minimum absolute atomic E-state index is 0.132. The zero-order chi connectivity index (χ0) is 12.3. The number of carboxylic acids is 1. The molecule has 0 aromatic heterocycles. The molecule has 0 radical (unpaired) electrons. The predicted octanol–water partition coefficient (Wildman–Crippen LogP) is 0.174. The number of hydrogen-bond acceptors (Lipinski definition) is 4. The molecule has 0 bridgehead atoms. The van der Waals surface area contributed by atoms with Gasteiger partial charge in [-0.25, -0.2) is 4.79 Å². The number of likely N-dealkylation sites (tertiary alicyclic amines) is 1. The second kappa shape index (κ2) is 5.54. The summed E-state index contributed by atoms with van der Waals surface area (Å²) in [4.78, 5) is 23.9. The first kappa shape index (κ1) is 13.3. The number of carboxylic acid groups (broad SMARTS) is 1. The van der Waals surface area contributed by atoms with Crippen LogP contribution in [-0.2, 0) is 9.59 Å². The summed E-state index contributed by atoms with van der Waals surface area (Å²) < 4.78 is 0. The van der Waals surface area contributed by atoms with E-state index in [1.54, 1.807) is 0 Å². The second-order valence-corrected chi connectivity index (χ2v) is 5.71. The lowest BCUT2D eigenvalue weighted by Crippen LogP contribution is -2.41. The highest BCUT2D eigenvalue weighted by molar-refractivity contribution is 8.00. The summed E-state index contributed by atoms with van der Waals surface area (Å²) in [5, 5.41) is 18.6. The van der Waals surface area contributed by atoms with Crippen molar-refractivity contribution in [3.8, 4) is 0 Å². The van der Waals surface area contributed by atoms with Crippen LogP contribution >= 0.6 is 11.8 Å². The van der Waals surface area contributed by atoms with Crippen molar-refractivity contribution < 1.29 is 19.8 Å². The third kappa shape index (κ3) is 3.38. The van der Waals surface area contributed by atoms with Crippen molar-refractivity contribution in [1.29, 1.82) is 0 Å². The molecular formula is C10H17NO4S. The van der Waals surface area contributed by atoms with Crippen molar-refractivity contribution in [3.63, 3.8) is 0 Å². The Balaban J connectivity index is 2.56. The van der Waals surface area contributed by atoms with Gasteiger partial charge in [-0.05, 0) is 5.25 Å². The maximum absolute atomic E-state index is 11.7. The molecule has 2 N–H and O–H groups in total. The van der Waals surface area contributed by atoms with E-state index in [1.807, 2.05) is 13.8 Å². The third-order valence-corrected chi connectivity index (χ3v) is 3.50. The van der Waals surface area contributed by atoms with E-state index in [1.165, 1.54) is 16.7 Å². The van der Waals surface area contributed by atoms with Gasteiger partial charge in [0.25, 0.3) is 0 Å². The summed E-state index contributed by atoms with van der Waals surface area (Å²) in [6.07, 6.45) is -0.581. The van der Waals surface area contributed by atoms with Crippen LogP contribution in [0.25, 0.3) is 0 Å². The Labute approximate surface area is 98.8 Å². The lowest BCUT2D eigenvalue weighted by atomic mass is 10.2. The first-order valence-corrected chi connectivity index (χ1v) is 6.28. The van der Waals surface area contributed by atoms with E-state index in [-0.39, 0.29) is 24.6 Å². The SMILES string of the molecule is CC(C)SCC(=O)N1CC(O)C[C@H]1C(=O)O. The van der Waals surface area contributed by atoms with E-state index < -0.39 is 18.1 Å². The molecule has 1 aliphatic heterocycles. The van der Waals surface area contributed by atoms with E-state index in [2.05, 4.69) is 0 Å². The molecule has 92 valence electrons. The van der Waals surface area contributed by atoms with Crippen molar-refractivity contribution >= 4 is 23.6 Å². The minimum Gasteiger partial charge on any atom is -0.480 e. The molecule has 0 aromatic rings. The fourth-order valence-electron chi connectivity index (χ4n) is 1.64. The number of aliphatic hydroxyl groups is 1. The summed E-state index contributed by atoms with van der Waals surface area (Å²) in [6.45, 7) is 4.09. The second-order valence-electron chi connectivity index (χ2n) is 4.15. The lowest BCUT2D eigenvalue weighted by Gasteiger charge is -2.21. The number of aliphatic hydroxyl groups excluding tert-OH is 1. The van der Waals surface area contributed by atoms with Crippen LogP contribution in [0, 0.1) is 0 Å². The van der Waals surface area contributed by atoms with Gasteiger partial charge in [0.1, 0.15) is 6.04 Å². The van der Waals surface area contributed by atoms with Gasteiger partial charge in [0.2, 0.25) is 5.91 Å². The molecule has 1 saturated heterocycles. The number of amides is 1. The Morgan fingerprint density at radius 1 is 1.50 bits per heavy atom. The predicted molar refractivity (Wildman–Crippen MR) is 61.4 cm³/mol. The fraction of sp³-hybridized carbons (Fsp3) is 0.800. The van der Waals surface area contributed by atoms with Gasteiger partial charge in [0.15, 0.2) is 0 Å². The molecule has 1 amide bonds. The van der Waals surface area contributed by atoms with Gasteiger partial charge in [-0.1, -0.05) is 13.8 Å². The van der Waals surface area contributed by atoms with Crippen LogP contribution in [0.15, 0.2) is 0 Å². The highest BCUT2D eigenvalue weighted by Gasteiger charge is 2.38. The first-order valence-electron chi connectivity index (χ1n) is 5.23. The van der Waals surface area contributed by atoms with Crippen molar-refractivity contribution in [2.75, 3.05) is 12.3 Å². The maximum Gasteiger partial charge on any atom is 0.326 e. The molecule has 1 unspecified atom stereocenters. The summed E-state index contributed by atoms with van der Waals surface area (Å²) in [5.74, 6) is -0.976. The van der Waals surface area contributed by atoms with Crippen molar-refractivity contribution in [2.45, 2.75) is 37.7 Å². The average molecular weight is 247 g/mol. The Kier molecular flexibility index (Phi) is 4.61. The van der Waals surface area contributed by atoms with Gasteiger partial charge in [-0.15, -0.1) is 11.8 Å². The number of carbonyl (C=O) groups excluding carboxylic acids is 1. The van der Waals surface area contributed by atoms with Crippen LogP contribution in [-0.4, -0.2) is 56.7 Å². The maximum atomic E-state index is 11.7. The van der Waals surface area contributed by atoms with Gasteiger partial charge in [0, 0.05) is 13.0 Å². The number of rotatable bonds is 4. The zero-order valence-corrected chi connectivity index (χ0v) is 10.2. The van der Waals surface area contributed by atoms with Crippen LogP contribution < -0.4 is 0 Å². The summed E-state index contributed by atoms with van der Waals surface area (Å²) in [6, 6.07) is -0.865. The number of aliphatic carboxylic acids is 1. The molecule has 1 heterocycles.